The van der Waals surface area contributed by atoms with Crippen LogP contribution in [-0.2, 0) is 0 Å². The third-order valence-electron chi connectivity index (χ3n) is 5.15. The number of likely N-dealkylation sites (tertiary alicyclic amines) is 1. The van der Waals surface area contributed by atoms with Crippen LogP contribution in [0.15, 0.2) is 47.1 Å². The number of aromatic nitrogens is 3. The zero-order valence-electron chi connectivity index (χ0n) is 15.1. The summed E-state index contributed by atoms with van der Waals surface area (Å²) in [7, 11) is 0. The lowest BCUT2D eigenvalue weighted by molar-refractivity contribution is 0.186. The van der Waals surface area contributed by atoms with Crippen molar-refractivity contribution in [3.63, 3.8) is 0 Å². The molecule has 0 saturated carbocycles. The summed E-state index contributed by atoms with van der Waals surface area (Å²) in [4.78, 5) is 8.39. The van der Waals surface area contributed by atoms with Crippen molar-refractivity contribution in [2.24, 2.45) is 0 Å². The van der Waals surface area contributed by atoms with Gasteiger partial charge in [0.1, 0.15) is 0 Å². The van der Waals surface area contributed by atoms with Gasteiger partial charge in [0.2, 0.25) is 16.7 Å². The molecule has 3 aromatic heterocycles. The van der Waals surface area contributed by atoms with E-state index in [4.69, 9.17) is 16.0 Å². The van der Waals surface area contributed by atoms with Crippen molar-refractivity contribution < 1.29 is 9.52 Å². The van der Waals surface area contributed by atoms with Crippen LogP contribution in [0, 0.1) is 0 Å². The van der Waals surface area contributed by atoms with Crippen LogP contribution in [-0.4, -0.2) is 37.7 Å². The zero-order chi connectivity index (χ0) is 19.1. The van der Waals surface area contributed by atoms with Crippen LogP contribution in [0.25, 0.3) is 16.5 Å². The van der Waals surface area contributed by atoms with Gasteiger partial charge in [-0.1, -0.05) is 47.6 Å². The molecule has 1 aliphatic rings. The monoisotopic (exact) mass is 414 g/mol. The lowest BCUT2D eigenvalue weighted by Crippen LogP contribution is -2.34. The van der Waals surface area contributed by atoms with Crippen LogP contribution < -0.4 is 0 Å². The number of piperidine rings is 1. The average molecular weight is 415 g/mol. The van der Waals surface area contributed by atoms with Gasteiger partial charge in [0.15, 0.2) is 5.76 Å². The standard InChI is InChI=1S/C20H19ClN4O2S/c21-14-8-3-2-7-13(14)16(24-10-4-1-5-11-24)17-19(26)25-20(28-17)22-18(23-25)15-9-6-12-27-15/h2-3,6-9,12,16,26H,1,4-5,10-11H2/t16-/m0/s1. The molecule has 0 amide bonds. The molecule has 1 fully saturated rings. The van der Waals surface area contributed by atoms with E-state index >= 15 is 0 Å². The zero-order valence-corrected chi connectivity index (χ0v) is 16.7. The van der Waals surface area contributed by atoms with Crippen LogP contribution >= 0.6 is 22.9 Å². The second-order valence-corrected chi connectivity index (χ2v) is 8.33. The summed E-state index contributed by atoms with van der Waals surface area (Å²) in [6, 6.07) is 11.3. The molecule has 6 nitrogen and oxygen atoms in total. The molecular formula is C20H19ClN4O2S. The Morgan fingerprint density at radius 2 is 1.93 bits per heavy atom. The van der Waals surface area contributed by atoms with Crippen molar-refractivity contribution in [3.05, 3.63) is 58.1 Å². The molecule has 1 aliphatic heterocycles. The first-order valence-electron chi connectivity index (χ1n) is 9.33. The lowest BCUT2D eigenvalue weighted by atomic mass is 10.0. The van der Waals surface area contributed by atoms with Gasteiger partial charge in [0.25, 0.3) is 0 Å². The number of halogens is 1. The summed E-state index contributed by atoms with van der Waals surface area (Å²) in [6.45, 7) is 1.95. The minimum atomic E-state index is -0.116. The van der Waals surface area contributed by atoms with Gasteiger partial charge in [-0.2, -0.15) is 9.50 Å². The third kappa shape index (κ3) is 2.99. The molecule has 0 unspecified atom stereocenters. The summed E-state index contributed by atoms with van der Waals surface area (Å²) in [5.74, 6) is 1.15. The van der Waals surface area contributed by atoms with E-state index < -0.39 is 0 Å². The Morgan fingerprint density at radius 1 is 1.11 bits per heavy atom. The quantitative estimate of drug-likeness (QED) is 0.509. The van der Waals surface area contributed by atoms with Crippen molar-refractivity contribution in [2.45, 2.75) is 25.3 Å². The van der Waals surface area contributed by atoms with Gasteiger partial charge in [0, 0.05) is 5.02 Å². The summed E-state index contributed by atoms with van der Waals surface area (Å²) >= 11 is 8.00. The van der Waals surface area contributed by atoms with Crippen molar-refractivity contribution in [1.82, 2.24) is 19.5 Å². The molecule has 0 aliphatic carbocycles. The van der Waals surface area contributed by atoms with E-state index in [0.717, 1.165) is 36.4 Å². The molecule has 1 aromatic carbocycles. The molecule has 1 N–H and O–H groups in total. The first-order valence-corrected chi connectivity index (χ1v) is 10.5. The molecule has 1 saturated heterocycles. The first kappa shape index (κ1) is 17.7. The van der Waals surface area contributed by atoms with Crippen LogP contribution in [0.4, 0.5) is 0 Å². The van der Waals surface area contributed by atoms with E-state index in [9.17, 15) is 5.11 Å². The molecule has 0 spiro atoms. The van der Waals surface area contributed by atoms with E-state index in [-0.39, 0.29) is 11.9 Å². The Bertz CT molecular complexity index is 1100. The van der Waals surface area contributed by atoms with Crippen molar-refractivity contribution in [3.8, 4) is 17.5 Å². The molecule has 0 bridgehead atoms. The summed E-state index contributed by atoms with van der Waals surface area (Å²) in [5, 5.41) is 16.2. The van der Waals surface area contributed by atoms with Crippen LogP contribution in [0.5, 0.6) is 5.88 Å². The second kappa shape index (κ2) is 7.24. The molecule has 4 aromatic rings. The maximum absolute atomic E-state index is 11.0. The van der Waals surface area contributed by atoms with Gasteiger partial charge in [-0.25, -0.2) is 0 Å². The molecular weight excluding hydrogens is 396 g/mol. The number of benzene rings is 1. The highest BCUT2D eigenvalue weighted by Crippen LogP contribution is 2.43. The number of fused-ring (bicyclic) bond motifs is 1. The molecule has 1 atom stereocenters. The maximum atomic E-state index is 11.0. The highest BCUT2D eigenvalue weighted by molar-refractivity contribution is 7.17. The van der Waals surface area contributed by atoms with E-state index in [1.165, 1.54) is 22.3 Å². The molecule has 0 radical (unpaired) electrons. The van der Waals surface area contributed by atoms with Crippen molar-refractivity contribution in [1.29, 1.82) is 0 Å². The molecule has 5 rings (SSSR count). The number of hydrogen-bond acceptors (Lipinski definition) is 6. The predicted octanol–water partition coefficient (Wildman–Crippen LogP) is 4.99. The summed E-state index contributed by atoms with van der Waals surface area (Å²) in [6.07, 6.45) is 5.11. The first-order chi connectivity index (χ1) is 13.7. The van der Waals surface area contributed by atoms with Gasteiger partial charge in [-0.3, -0.25) is 4.90 Å². The number of rotatable bonds is 4. The minimum absolute atomic E-state index is 0.112. The number of nitrogens with zero attached hydrogens (tertiary/aromatic N) is 4. The molecule has 144 valence electrons. The fourth-order valence-electron chi connectivity index (χ4n) is 3.82. The van der Waals surface area contributed by atoms with Crippen LogP contribution in [0.3, 0.4) is 0 Å². The van der Waals surface area contributed by atoms with Gasteiger partial charge >= 0.3 is 0 Å². The smallest absolute Gasteiger partial charge is 0.230 e. The number of aromatic hydroxyl groups is 1. The Labute approximate surface area is 171 Å². The Balaban J connectivity index is 1.62. The Hall–Kier alpha value is -2.35. The second-order valence-electron chi connectivity index (χ2n) is 6.92. The van der Waals surface area contributed by atoms with Gasteiger partial charge < -0.3 is 9.52 Å². The Kier molecular flexibility index (Phi) is 4.58. The average Bonchev–Trinajstić information content (AvgIpc) is 3.43. The number of hydrogen-bond donors (Lipinski definition) is 1. The highest BCUT2D eigenvalue weighted by atomic mass is 35.5. The molecule has 28 heavy (non-hydrogen) atoms. The van der Waals surface area contributed by atoms with E-state index in [1.807, 2.05) is 24.3 Å². The maximum Gasteiger partial charge on any atom is 0.230 e. The van der Waals surface area contributed by atoms with Crippen molar-refractivity contribution >= 4 is 27.9 Å². The summed E-state index contributed by atoms with van der Waals surface area (Å²) < 4.78 is 6.87. The van der Waals surface area contributed by atoms with E-state index in [2.05, 4.69) is 15.0 Å². The fourth-order valence-corrected chi connectivity index (χ4v) is 5.16. The SMILES string of the molecule is Oc1c([C@H](c2ccccc2Cl)N2CCCCC2)sc2nc(-c3ccco3)nn12. The lowest BCUT2D eigenvalue weighted by Gasteiger charge is -2.34. The Morgan fingerprint density at radius 3 is 2.64 bits per heavy atom. The van der Waals surface area contributed by atoms with Gasteiger partial charge in [0.05, 0.1) is 17.2 Å². The van der Waals surface area contributed by atoms with E-state index in [0.29, 0.717) is 21.6 Å². The summed E-state index contributed by atoms with van der Waals surface area (Å²) in [5.41, 5.74) is 0.997. The van der Waals surface area contributed by atoms with Gasteiger partial charge in [-0.05, 0) is 49.7 Å². The largest absolute Gasteiger partial charge is 0.492 e. The fraction of sp³-hybridized carbons (Fsp3) is 0.300. The van der Waals surface area contributed by atoms with E-state index in [1.54, 1.807) is 18.4 Å². The molecule has 8 heteroatoms. The van der Waals surface area contributed by atoms with Crippen LogP contribution in [0.1, 0.15) is 35.7 Å². The topological polar surface area (TPSA) is 66.8 Å². The van der Waals surface area contributed by atoms with Crippen LogP contribution in [0.2, 0.25) is 5.02 Å². The normalized spacial score (nSPS) is 16.6. The highest BCUT2D eigenvalue weighted by Gasteiger charge is 2.31. The van der Waals surface area contributed by atoms with Gasteiger partial charge in [-0.15, -0.1) is 5.10 Å². The number of furan rings is 1. The van der Waals surface area contributed by atoms with Crippen molar-refractivity contribution in [2.75, 3.05) is 13.1 Å². The predicted molar refractivity (Wildman–Crippen MR) is 109 cm³/mol. The molecule has 4 heterocycles. The minimum Gasteiger partial charge on any atom is -0.492 e. The number of thiazole rings is 1. The third-order valence-corrected chi connectivity index (χ3v) is 6.56.